The number of benzene rings is 1. The van der Waals surface area contributed by atoms with Crippen molar-refractivity contribution >= 4 is 22.2 Å². The van der Waals surface area contributed by atoms with E-state index in [1.165, 1.54) is 35.3 Å². The van der Waals surface area contributed by atoms with Gasteiger partial charge in [0.15, 0.2) is 0 Å². The molecule has 0 unspecified atom stereocenters. The van der Waals surface area contributed by atoms with Crippen LogP contribution in [0.15, 0.2) is 24.3 Å². The van der Waals surface area contributed by atoms with Gasteiger partial charge in [0.2, 0.25) is 0 Å². The molecule has 4 nitrogen and oxygen atoms in total. The smallest absolute Gasteiger partial charge is 0.256 e. The lowest BCUT2D eigenvalue weighted by Crippen LogP contribution is -2.29. The van der Waals surface area contributed by atoms with Crippen LogP contribution in [0.5, 0.6) is 5.75 Å². The summed E-state index contributed by atoms with van der Waals surface area (Å²) in [6, 6.07) is 7.22. The van der Waals surface area contributed by atoms with Crippen LogP contribution in [-0.2, 0) is 6.54 Å². The Bertz CT molecular complexity index is 731. The summed E-state index contributed by atoms with van der Waals surface area (Å²) in [6.45, 7) is 7.52. The maximum atomic E-state index is 12.6. The maximum Gasteiger partial charge on any atom is 0.256 e. The Labute approximate surface area is 153 Å². The molecule has 3 rings (SSSR count). The number of hydrogen-bond donors (Lipinski definition) is 1. The topological polar surface area (TPSA) is 41.6 Å². The summed E-state index contributed by atoms with van der Waals surface area (Å²) in [4.78, 5) is 16.4. The fourth-order valence-corrected chi connectivity index (χ4v) is 4.29. The molecule has 1 aliphatic heterocycles. The van der Waals surface area contributed by atoms with Crippen LogP contribution in [0.1, 0.15) is 45.6 Å². The first-order valence-corrected chi connectivity index (χ1v) is 9.66. The highest BCUT2D eigenvalue weighted by molar-refractivity contribution is 7.16. The number of carbonyl (C=O) groups is 1. The number of carbonyl (C=O) groups excluding carboxylic acids is 1. The van der Waals surface area contributed by atoms with Gasteiger partial charge in [-0.05, 0) is 69.6 Å². The number of rotatable bonds is 5. The van der Waals surface area contributed by atoms with Crippen LogP contribution in [0.3, 0.4) is 0 Å². The van der Waals surface area contributed by atoms with E-state index >= 15 is 0 Å². The Hall–Kier alpha value is -1.85. The summed E-state index contributed by atoms with van der Waals surface area (Å²) in [5.74, 6) is 0.689. The van der Waals surface area contributed by atoms with Crippen LogP contribution in [-0.4, -0.2) is 31.0 Å². The standard InChI is InChI=1S/C20H26N2O2S/c1-14-15(2)25-20(18(14)13-22-11-5-4-6-12-22)21-19(23)16-7-9-17(24-3)10-8-16/h7-10H,4-6,11-13H2,1-3H3,(H,21,23). The zero-order valence-corrected chi connectivity index (χ0v) is 16.0. The first-order chi connectivity index (χ1) is 12.1. The minimum absolute atomic E-state index is 0.0659. The van der Waals surface area contributed by atoms with Crippen molar-refractivity contribution in [2.75, 3.05) is 25.5 Å². The van der Waals surface area contributed by atoms with Crippen molar-refractivity contribution in [1.82, 2.24) is 4.90 Å². The molecule has 2 heterocycles. The Morgan fingerprint density at radius 2 is 1.84 bits per heavy atom. The number of methoxy groups -OCH3 is 1. The number of nitrogens with one attached hydrogen (secondary N) is 1. The number of anilines is 1. The van der Waals surface area contributed by atoms with Gasteiger partial charge in [0, 0.05) is 22.5 Å². The van der Waals surface area contributed by atoms with E-state index in [4.69, 9.17) is 4.74 Å². The minimum atomic E-state index is -0.0659. The van der Waals surface area contributed by atoms with Gasteiger partial charge < -0.3 is 10.1 Å². The lowest BCUT2D eigenvalue weighted by molar-refractivity contribution is 0.102. The molecule has 1 saturated heterocycles. The van der Waals surface area contributed by atoms with Crippen LogP contribution >= 0.6 is 11.3 Å². The monoisotopic (exact) mass is 358 g/mol. The summed E-state index contributed by atoms with van der Waals surface area (Å²) in [5.41, 5.74) is 3.22. The van der Waals surface area contributed by atoms with Crippen LogP contribution in [0, 0.1) is 13.8 Å². The third kappa shape index (κ3) is 4.22. The molecule has 0 aliphatic carbocycles. The summed E-state index contributed by atoms with van der Waals surface area (Å²) < 4.78 is 5.15. The fourth-order valence-electron chi connectivity index (χ4n) is 3.22. The van der Waals surface area contributed by atoms with Gasteiger partial charge in [-0.1, -0.05) is 6.42 Å². The SMILES string of the molecule is COc1ccc(C(=O)Nc2sc(C)c(C)c2CN2CCCCC2)cc1. The van der Waals surface area contributed by atoms with Crippen LogP contribution in [0.25, 0.3) is 0 Å². The average molecular weight is 359 g/mol. The third-order valence-electron chi connectivity index (χ3n) is 4.92. The highest BCUT2D eigenvalue weighted by atomic mass is 32.1. The molecule has 1 aromatic carbocycles. The van der Waals surface area contributed by atoms with E-state index in [2.05, 4.69) is 24.1 Å². The second-order valence-corrected chi connectivity index (χ2v) is 7.84. The van der Waals surface area contributed by atoms with Crippen molar-refractivity contribution in [2.45, 2.75) is 39.7 Å². The van der Waals surface area contributed by atoms with E-state index in [1.54, 1.807) is 30.6 Å². The molecule has 25 heavy (non-hydrogen) atoms. The number of hydrogen-bond acceptors (Lipinski definition) is 4. The summed E-state index contributed by atoms with van der Waals surface area (Å²) >= 11 is 1.68. The van der Waals surface area contributed by atoms with E-state index in [-0.39, 0.29) is 5.91 Å². The Morgan fingerprint density at radius 3 is 2.48 bits per heavy atom. The van der Waals surface area contributed by atoms with E-state index < -0.39 is 0 Å². The van der Waals surface area contributed by atoms with E-state index in [1.807, 2.05) is 12.1 Å². The van der Waals surface area contributed by atoms with E-state index in [9.17, 15) is 4.79 Å². The van der Waals surface area contributed by atoms with Gasteiger partial charge in [0.1, 0.15) is 10.8 Å². The Kier molecular flexibility index (Phi) is 5.76. The van der Waals surface area contributed by atoms with Crippen LogP contribution < -0.4 is 10.1 Å². The number of piperidine rings is 1. The highest BCUT2D eigenvalue weighted by Crippen LogP contribution is 2.34. The molecule has 0 spiro atoms. The number of ether oxygens (including phenoxy) is 1. The van der Waals surface area contributed by atoms with Crippen molar-refractivity contribution in [1.29, 1.82) is 0 Å². The zero-order chi connectivity index (χ0) is 17.8. The molecule has 1 fully saturated rings. The third-order valence-corrected chi connectivity index (χ3v) is 6.08. The van der Waals surface area contributed by atoms with Gasteiger partial charge in [0.25, 0.3) is 5.91 Å². The first kappa shape index (κ1) is 18.0. The normalized spacial score (nSPS) is 15.2. The van der Waals surface area contributed by atoms with Gasteiger partial charge in [-0.2, -0.15) is 0 Å². The molecule has 2 aromatic rings. The number of thiophene rings is 1. The van der Waals surface area contributed by atoms with Crippen LogP contribution in [0.2, 0.25) is 0 Å². The van der Waals surface area contributed by atoms with Gasteiger partial charge in [-0.15, -0.1) is 11.3 Å². The van der Waals surface area contributed by atoms with Gasteiger partial charge in [-0.3, -0.25) is 9.69 Å². The lowest BCUT2D eigenvalue weighted by Gasteiger charge is -2.27. The van der Waals surface area contributed by atoms with Crippen molar-refractivity contribution in [3.05, 3.63) is 45.8 Å². The predicted octanol–water partition coefficient (Wildman–Crippen LogP) is 4.61. The molecule has 1 N–H and O–H groups in total. The van der Waals surface area contributed by atoms with E-state index in [0.717, 1.165) is 30.4 Å². The minimum Gasteiger partial charge on any atom is -0.497 e. The number of amides is 1. The Balaban J connectivity index is 1.76. The van der Waals surface area contributed by atoms with E-state index in [0.29, 0.717) is 5.56 Å². The lowest BCUT2D eigenvalue weighted by atomic mass is 10.1. The number of likely N-dealkylation sites (tertiary alicyclic amines) is 1. The summed E-state index contributed by atoms with van der Waals surface area (Å²) in [6.07, 6.45) is 3.88. The highest BCUT2D eigenvalue weighted by Gasteiger charge is 2.19. The molecule has 134 valence electrons. The van der Waals surface area contributed by atoms with Gasteiger partial charge in [0.05, 0.1) is 7.11 Å². The number of nitrogens with zero attached hydrogens (tertiary/aromatic N) is 1. The molecular weight excluding hydrogens is 332 g/mol. The second kappa shape index (κ2) is 8.02. The summed E-state index contributed by atoms with van der Waals surface area (Å²) in [7, 11) is 1.62. The van der Waals surface area contributed by atoms with Gasteiger partial charge >= 0.3 is 0 Å². The summed E-state index contributed by atoms with van der Waals surface area (Å²) in [5, 5.41) is 4.12. The molecule has 0 saturated carbocycles. The molecular formula is C20H26N2O2S. The molecule has 5 heteroatoms. The number of aryl methyl sites for hydroxylation is 1. The van der Waals surface area contributed by atoms with Crippen molar-refractivity contribution in [3.8, 4) is 5.75 Å². The molecule has 1 amide bonds. The quantitative estimate of drug-likeness (QED) is 0.848. The van der Waals surface area contributed by atoms with Crippen molar-refractivity contribution < 1.29 is 9.53 Å². The van der Waals surface area contributed by atoms with Gasteiger partial charge in [-0.25, -0.2) is 0 Å². The van der Waals surface area contributed by atoms with Crippen molar-refractivity contribution in [3.63, 3.8) is 0 Å². The average Bonchev–Trinajstić information content (AvgIpc) is 2.90. The first-order valence-electron chi connectivity index (χ1n) is 8.85. The molecule has 0 bridgehead atoms. The largest absolute Gasteiger partial charge is 0.497 e. The molecule has 0 atom stereocenters. The Morgan fingerprint density at radius 1 is 1.16 bits per heavy atom. The molecule has 1 aromatic heterocycles. The maximum absolute atomic E-state index is 12.6. The van der Waals surface area contributed by atoms with Crippen LogP contribution in [0.4, 0.5) is 5.00 Å². The van der Waals surface area contributed by atoms with Crippen molar-refractivity contribution in [2.24, 2.45) is 0 Å². The molecule has 1 aliphatic rings. The predicted molar refractivity (Wildman–Crippen MR) is 104 cm³/mol. The molecule has 0 radical (unpaired) electrons. The second-order valence-electron chi connectivity index (χ2n) is 6.61. The fraction of sp³-hybridized carbons (Fsp3) is 0.450. The zero-order valence-electron chi connectivity index (χ0n) is 15.2.